The summed E-state index contributed by atoms with van der Waals surface area (Å²) in [6.07, 6.45) is 2.66. The molecule has 1 amide bonds. The molecule has 0 bridgehead atoms. The lowest BCUT2D eigenvalue weighted by Crippen LogP contribution is -2.33. The van der Waals surface area contributed by atoms with E-state index in [1.54, 1.807) is 12.1 Å². The highest BCUT2D eigenvalue weighted by atomic mass is 79.9. The van der Waals surface area contributed by atoms with E-state index in [9.17, 15) is 4.79 Å². The number of halogens is 2. The van der Waals surface area contributed by atoms with Gasteiger partial charge in [0, 0.05) is 0 Å². The molecule has 0 unspecified atom stereocenters. The number of amides is 1. The average molecular weight is 362 g/mol. The number of piperidine rings is 1. The summed E-state index contributed by atoms with van der Waals surface area (Å²) in [5, 5.41) is 6.68. The molecule has 0 radical (unpaired) electrons. The summed E-state index contributed by atoms with van der Waals surface area (Å²) in [7, 11) is 0. The zero-order valence-corrected chi connectivity index (χ0v) is 13.5. The third kappa shape index (κ3) is 4.74. The summed E-state index contributed by atoms with van der Waals surface area (Å²) in [6, 6.07) is 5.37. The first kappa shape index (κ1) is 15.8. The van der Waals surface area contributed by atoms with Gasteiger partial charge in [-0.2, -0.15) is 0 Å². The van der Waals surface area contributed by atoms with E-state index in [2.05, 4.69) is 26.6 Å². The van der Waals surface area contributed by atoms with Crippen LogP contribution in [-0.4, -0.2) is 31.7 Å². The fourth-order valence-corrected chi connectivity index (χ4v) is 2.63. The van der Waals surface area contributed by atoms with Gasteiger partial charge in [-0.3, -0.25) is 4.79 Å². The van der Waals surface area contributed by atoms with Crippen molar-refractivity contribution in [1.82, 2.24) is 5.32 Å². The smallest absolute Gasteiger partial charge is 0.226 e. The van der Waals surface area contributed by atoms with Crippen molar-refractivity contribution in [2.24, 2.45) is 0 Å². The zero-order valence-electron chi connectivity index (χ0n) is 11.1. The van der Waals surface area contributed by atoms with E-state index < -0.39 is 0 Å². The third-order valence-corrected chi connectivity index (χ3v) is 4.59. The first-order valence-electron chi connectivity index (χ1n) is 6.73. The van der Waals surface area contributed by atoms with Gasteiger partial charge >= 0.3 is 0 Å². The van der Waals surface area contributed by atoms with E-state index in [-0.39, 0.29) is 12.0 Å². The first-order chi connectivity index (χ1) is 9.66. The Kier molecular flexibility index (Phi) is 6.29. The molecule has 6 heteroatoms. The summed E-state index contributed by atoms with van der Waals surface area (Å²) in [4.78, 5) is 11.9. The third-order valence-electron chi connectivity index (χ3n) is 3.19. The Balaban J connectivity index is 1.73. The van der Waals surface area contributed by atoms with E-state index >= 15 is 0 Å². The number of hydrogen-bond acceptors (Lipinski definition) is 3. The molecule has 0 saturated carbocycles. The van der Waals surface area contributed by atoms with Crippen LogP contribution < -0.4 is 10.6 Å². The van der Waals surface area contributed by atoms with Gasteiger partial charge in [0.2, 0.25) is 5.91 Å². The summed E-state index contributed by atoms with van der Waals surface area (Å²) >= 11 is 9.33. The van der Waals surface area contributed by atoms with Gasteiger partial charge in [0.05, 0.1) is 34.3 Å². The Morgan fingerprint density at radius 1 is 1.45 bits per heavy atom. The van der Waals surface area contributed by atoms with Gasteiger partial charge in [-0.15, -0.1) is 0 Å². The molecule has 0 spiro atoms. The van der Waals surface area contributed by atoms with Crippen LogP contribution in [0.25, 0.3) is 0 Å². The minimum Gasteiger partial charge on any atom is -0.378 e. The summed E-state index contributed by atoms with van der Waals surface area (Å²) in [5.41, 5.74) is 0.685. The topological polar surface area (TPSA) is 50.4 Å². The SMILES string of the molecule is O=C(CCOC1CCNCC1)Nc1cccc(Cl)c1Br. The minimum atomic E-state index is -0.0677. The highest BCUT2D eigenvalue weighted by Crippen LogP contribution is 2.30. The Morgan fingerprint density at radius 2 is 2.20 bits per heavy atom. The molecule has 1 aliphatic heterocycles. The van der Waals surface area contributed by atoms with Crippen LogP contribution in [0.2, 0.25) is 5.02 Å². The molecule has 0 aromatic heterocycles. The van der Waals surface area contributed by atoms with E-state index in [1.165, 1.54) is 0 Å². The molecule has 4 nitrogen and oxygen atoms in total. The number of nitrogens with one attached hydrogen (secondary N) is 2. The lowest BCUT2D eigenvalue weighted by Gasteiger charge is -2.22. The lowest BCUT2D eigenvalue weighted by atomic mass is 10.1. The van der Waals surface area contributed by atoms with Crippen LogP contribution in [0.4, 0.5) is 5.69 Å². The van der Waals surface area contributed by atoms with Gasteiger partial charge < -0.3 is 15.4 Å². The average Bonchev–Trinajstić information content (AvgIpc) is 2.45. The standard InChI is InChI=1S/C14H18BrClN2O2/c15-14-11(16)2-1-3-12(14)18-13(19)6-9-20-10-4-7-17-8-5-10/h1-3,10,17H,4-9H2,(H,18,19). The van der Waals surface area contributed by atoms with Gasteiger partial charge in [-0.1, -0.05) is 17.7 Å². The summed E-state index contributed by atoms with van der Waals surface area (Å²) in [6.45, 7) is 2.44. The maximum absolute atomic E-state index is 11.9. The second kappa shape index (κ2) is 7.98. The second-order valence-electron chi connectivity index (χ2n) is 4.72. The van der Waals surface area contributed by atoms with Gasteiger partial charge in [0.25, 0.3) is 0 Å². The number of rotatable bonds is 5. The first-order valence-corrected chi connectivity index (χ1v) is 7.90. The maximum Gasteiger partial charge on any atom is 0.226 e. The molecule has 1 fully saturated rings. The van der Waals surface area contributed by atoms with E-state index in [0.717, 1.165) is 25.9 Å². The lowest BCUT2D eigenvalue weighted by molar-refractivity contribution is -0.117. The molecule has 1 saturated heterocycles. The van der Waals surface area contributed by atoms with Crippen LogP contribution in [0, 0.1) is 0 Å². The van der Waals surface area contributed by atoms with Crippen molar-refractivity contribution in [3.8, 4) is 0 Å². The van der Waals surface area contributed by atoms with Crippen LogP contribution in [0.15, 0.2) is 22.7 Å². The fourth-order valence-electron chi connectivity index (χ4n) is 2.09. The highest BCUT2D eigenvalue weighted by molar-refractivity contribution is 9.10. The molecule has 1 aromatic carbocycles. The molecular formula is C14H18BrClN2O2. The largest absolute Gasteiger partial charge is 0.378 e. The summed E-state index contributed by atoms with van der Waals surface area (Å²) in [5.74, 6) is -0.0677. The summed E-state index contributed by atoms with van der Waals surface area (Å²) < 4.78 is 6.41. The van der Waals surface area contributed by atoms with E-state index in [0.29, 0.717) is 28.2 Å². The molecular weight excluding hydrogens is 344 g/mol. The quantitative estimate of drug-likeness (QED) is 0.847. The van der Waals surface area contributed by atoms with Crippen molar-refractivity contribution >= 4 is 39.1 Å². The number of carbonyl (C=O) groups excluding carboxylic acids is 1. The normalized spacial score (nSPS) is 16.1. The van der Waals surface area contributed by atoms with Crippen molar-refractivity contribution in [1.29, 1.82) is 0 Å². The van der Waals surface area contributed by atoms with E-state index in [1.807, 2.05) is 6.07 Å². The molecule has 1 aromatic rings. The molecule has 2 rings (SSSR count). The molecule has 2 N–H and O–H groups in total. The number of hydrogen-bond donors (Lipinski definition) is 2. The molecule has 1 aliphatic rings. The highest BCUT2D eigenvalue weighted by Gasteiger charge is 2.14. The number of benzene rings is 1. The Morgan fingerprint density at radius 3 is 2.95 bits per heavy atom. The Bertz CT molecular complexity index is 464. The molecule has 1 heterocycles. The fraction of sp³-hybridized carbons (Fsp3) is 0.500. The molecule has 0 atom stereocenters. The number of carbonyl (C=O) groups is 1. The van der Waals surface area contributed by atoms with Crippen molar-refractivity contribution < 1.29 is 9.53 Å². The molecule has 110 valence electrons. The molecule has 0 aliphatic carbocycles. The van der Waals surface area contributed by atoms with Crippen molar-refractivity contribution in [2.45, 2.75) is 25.4 Å². The zero-order chi connectivity index (χ0) is 14.4. The van der Waals surface area contributed by atoms with Crippen LogP contribution in [0.3, 0.4) is 0 Å². The maximum atomic E-state index is 11.9. The van der Waals surface area contributed by atoms with Crippen LogP contribution >= 0.6 is 27.5 Å². The van der Waals surface area contributed by atoms with Crippen molar-refractivity contribution in [3.05, 3.63) is 27.7 Å². The number of ether oxygens (including phenoxy) is 1. The van der Waals surface area contributed by atoms with Crippen molar-refractivity contribution in [3.63, 3.8) is 0 Å². The van der Waals surface area contributed by atoms with Crippen LogP contribution in [0.5, 0.6) is 0 Å². The van der Waals surface area contributed by atoms with Gasteiger partial charge in [-0.05, 0) is 54.0 Å². The van der Waals surface area contributed by atoms with E-state index in [4.69, 9.17) is 16.3 Å². The number of anilines is 1. The van der Waals surface area contributed by atoms with Crippen molar-refractivity contribution in [2.75, 3.05) is 25.0 Å². The monoisotopic (exact) mass is 360 g/mol. The predicted molar refractivity (Wildman–Crippen MR) is 84.2 cm³/mol. The van der Waals surface area contributed by atoms with Gasteiger partial charge in [0.15, 0.2) is 0 Å². The van der Waals surface area contributed by atoms with Gasteiger partial charge in [0.1, 0.15) is 0 Å². The molecule has 20 heavy (non-hydrogen) atoms. The van der Waals surface area contributed by atoms with Crippen LogP contribution in [-0.2, 0) is 9.53 Å². The predicted octanol–water partition coefficient (Wildman–Crippen LogP) is 3.20. The van der Waals surface area contributed by atoms with Crippen LogP contribution in [0.1, 0.15) is 19.3 Å². The Hall–Kier alpha value is -0.620. The second-order valence-corrected chi connectivity index (χ2v) is 5.92. The minimum absolute atomic E-state index is 0.0677. The Labute approximate surface area is 132 Å². The van der Waals surface area contributed by atoms with Gasteiger partial charge in [-0.25, -0.2) is 0 Å².